The summed E-state index contributed by atoms with van der Waals surface area (Å²) in [6.45, 7) is 0.187. The summed E-state index contributed by atoms with van der Waals surface area (Å²) < 4.78 is 23.8. The van der Waals surface area contributed by atoms with Crippen LogP contribution in [0.15, 0.2) is 48.9 Å². The number of halogens is 1. The molecule has 0 unspecified atom stereocenters. The fourth-order valence-corrected chi connectivity index (χ4v) is 2.45. The second kappa shape index (κ2) is 8.22. The molecule has 0 spiro atoms. The highest BCUT2D eigenvalue weighted by molar-refractivity contribution is 5.93. The van der Waals surface area contributed by atoms with Gasteiger partial charge >= 0.3 is 0 Å². The lowest BCUT2D eigenvalue weighted by Crippen LogP contribution is -2.24. The molecule has 2 aromatic heterocycles. The molecule has 0 aliphatic rings. The van der Waals surface area contributed by atoms with Crippen LogP contribution in [0.3, 0.4) is 0 Å². The number of benzene rings is 1. The van der Waals surface area contributed by atoms with E-state index in [0.717, 1.165) is 0 Å². The molecule has 1 amide bonds. The molecule has 1 aromatic carbocycles. The van der Waals surface area contributed by atoms with Crippen molar-refractivity contribution in [2.45, 2.75) is 6.54 Å². The van der Waals surface area contributed by atoms with Crippen molar-refractivity contribution in [3.8, 4) is 22.8 Å². The van der Waals surface area contributed by atoms with Crippen molar-refractivity contribution >= 4 is 5.91 Å². The Labute approximate surface area is 155 Å². The fraction of sp³-hybridized carbons (Fsp3) is 0.158. The van der Waals surface area contributed by atoms with E-state index in [1.165, 1.54) is 38.7 Å². The summed E-state index contributed by atoms with van der Waals surface area (Å²) in [7, 11) is 2.92. The van der Waals surface area contributed by atoms with Crippen LogP contribution in [0.4, 0.5) is 4.39 Å². The second-order valence-corrected chi connectivity index (χ2v) is 5.47. The highest BCUT2D eigenvalue weighted by Gasteiger charge is 2.13. The number of hydrogen-bond donors (Lipinski definition) is 1. The van der Waals surface area contributed by atoms with Gasteiger partial charge in [0.05, 0.1) is 26.5 Å². The maximum absolute atomic E-state index is 13.6. The van der Waals surface area contributed by atoms with Crippen molar-refractivity contribution in [1.29, 1.82) is 0 Å². The number of nitrogens with one attached hydrogen (secondary N) is 1. The largest absolute Gasteiger partial charge is 0.495 e. The zero-order chi connectivity index (χ0) is 19.2. The standard InChI is InChI=1S/C19H17FN4O3/c1-26-17-4-3-7-21-16(17)10-22-19(25)15-9-14(23-11-24-15)12-5-6-13(20)18(8-12)27-2/h3-9,11H,10H2,1-2H3,(H,22,25). The van der Waals surface area contributed by atoms with E-state index in [2.05, 4.69) is 20.3 Å². The summed E-state index contributed by atoms with van der Waals surface area (Å²) in [5.74, 6) is -0.183. The zero-order valence-corrected chi connectivity index (χ0v) is 14.8. The van der Waals surface area contributed by atoms with Gasteiger partial charge in [-0.15, -0.1) is 0 Å². The van der Waals surface area contributed by atoms with Crippen molar-refractivity contribution in [3.63, 3.8) is 0 Å². The Balaban J connectivity index is 1.78. The summed E-state index contributed by atoms with van der Waals surface area (Å²) in [5, 5.41) is 2.74. The number of carbonyl (C=O) groups excluding carboxylic acids is 1. The Morgan fingerprint density at radius 2 is 1.89 bits per heavy atom. The molecule has 7 nitrogen and oxygen atoms in total. The minimum Gasteiger partial charge on any atom is -0.495 e. The molecule has 0 aliphatic carbocycles. The second-order valence-electron chi connectivity index (χ2n) is 5.47. The molecular weight excluding hydrogens is 351 g/mol. The van der Waals surface area contributed by atoms with E-state index in [4.69, 9.17) is 9.47 Å². The van der Waals surface area contributed by atoms with E-state index >= 15 is 0 Å². The number of amides is 1. The van der Waals surface area contributed by atoms with Crippen LogP contribution >= 0.6 is 0 Å². The predicted octanol–water partition coefficient (Wildman–Crippen LogP) is 2.62. The monoisotopic (exact) mass is 368 g/mol. The number of ether oxygens (including phenoxy) is 2. The zero-order valence-electron chi connectivity index (χ0n) is 14.8. The molecule has 1 N–H and O–H groups in total. The SMILES string of the molecule is COc1cc(-c2cc(C(=O)NCc3ncccc3OC)ncn2)ccc1F. The molecule has 0 bridgehead atoms. The van der Waals surface area contributed by atoms with E-state index in [-0.39, 0.29) is 23.9 Å². The average molecular weight is 368 g/mol. The maximum atomic E-state index is 13.6. The van der Waals surface area contributed by atoms with E-state index in [9.17, 15) is 9.18 Å². The lowest BCUT2D eigenvalue weighted by Gasteiger charge is -2.09. The van der Waals surface area contributed by atoms with E-state index in [0.29, 0.717) is 22.7 Å². The smallest absolute Gasteiger partial charge is 0.270 e. The molecule has 3 aromatic rings. The van der Waals surface area contributed by atoms with Gasteiger partial charge in [0.1, 0.15) is 23.5 Å². The summed E-state index contributed by atoms with van der Waals surface area (Å²) in [6.07, 6.45) is 2.90. The first-order valence-electron chi connectivity index (χ1n) is 8.04. The Morgan fingerprint density at radius 3 is 2.67 bits per heavy atom. The van der Waals surface area contributed by atoms with Gasteiger partial charge in [0, 0.05) is 11.8 Å². The molecule has 2 heterocycles. The lowest BCUT2D eigenvalue weighted by atomic mass is 10.1. The molecule has 27 heavy (non-hydrogen) atoms. The highest BCUT2D eigenvalue weighted by atomic mass is 19.1. The Hall–Kier alpha value is -3.55. The summed E-state index contributed by atoms with van der Waals surface area (Å²) in [5.41, 5.74) is 1.86. The van der Waals surface area contributed by atoms with Crippen LogP contribution in [0.2, 0.25) is 0 Å². The lowest BCUT2D eigenvalue weighted by molar-refractivity contribution is 0.0945. The Kier molecular flexibility index (Phi) is 5.55. The van der Waals surface area contributed by atoms with E-state index in [1.54, 1.807) is 24.4 Å². The Morgan fingerprint density at radius 1 is 1.07 bits per heavy atom. The van der Waals surface area contributed by atoms with Gasteiger partial charge in [0.25, 0.3) is 5.91 Å². The molecule has 0 radical (unpaired) electrons. The van der Waals surface area contributed by atoms with Crippen LogP contribution in [0, 0.1) is 5.82 Å². The highest BCUT2D eigenvalue weighted by Crippen LogP contribution is 2.25. The van der Waals surface area contributed by atoms with Gasteiger partial charge in [0.15, 0.2) is 11.6 Å². The van der Waals surface area contributed by atoms with Crippen LogP contribution in [-0.2, 0) is 6.54 Å². The van der Waals surface area contributed by atoms with Gasteiger partial charge in [-0.2, -0.15) is 0 Å². The van der Waals surface area contributed by atoms with Crippen molar-refractivity contribution < 1.29 is 18.7 Å². The summed E-state index contributed by atoms with van der Waals surface area (Å²) in [6, 6.07) is 9.39. The van der Waals surface area contributed by atoms with Crippen LogP contribution in [-0.4, -0.2) is 35.1 Å². The molecule has 138 valence electrons. The summed E-state index contributed by atoms with van der Waals surface area (Å²) >= 11 is 0. The van der Waals surface area contributed by atoms with Gasteiger partial charge < -0.3 is 14.8 Å². The number of pyridine rings is 1. The third kappa shape index (κ3) is 4.17. The average Bonchev–Trinajstić information content (AvgIpc) is 2.72. The van der Waals surface area contributed by atoms with Gasteiger partial charge in [-0.1, -0.05) is 0 Å². The number of nitrogens with zero attached hydrogens (tertiary/aromatic N) is 3. The first kappa shape index (κ1) is 18.2. The minimum atomic E-state index is -0.474. The van der Waals surface area contributed by atoms with E-state index in [1.807, 2.05) is 0 Å². The molecule has 0 saturated carbocycles. The van der Waals surface area contributed by atoms with Gasteiger partial charge in [-0.05, 0) is 36.4 Å². The van der Waals surface area contributed by atoms with Crippen LogP contribution in [0.25, 0.3) is 11.3 Å². The van der Waals surface area contributed by atoms with Gasteiger partial charge in [-0.3, -0.25) is 9.78 Å². The normalized spacial score (nSPS) is 10.3. The number of rotatable bonds is 6. The molecule has 0 saturated heterocycles. The summed E-state index contributed by atoms with van der Waals surface area (Å²) in [4.78, 5) is 24.8. The quantitative estimate of drug-likeness (QED) is 0.720. The molecule has 0 fully saturated rings. The van der Waals surface area contributed by atoms with Crippen molar-refractivity contribution in [1.82, 2.24) is 20.3 Å². The number of carbonyl (C=O) groups is 1. The predicted molar refractivity (Wildman–Crippen MR) is 95.9 cm³/mol. The molecule has 0 atom stereocenters. The first-order valence-corrected chi connectivity index (χ1v) is 8.04. The van der Waals surface area contributed by atoms with Crippen molar-refractivity contribution in [2.24, 2.45) is 0 Å². The Bertz CT molecular complexity index is 965. The fourth-order valence-electron chi connectivity index (χ4n) is 2.45. The topological polar surface area (TPSA) is 86.2 Å². The van der Waals surface area contributed by atoms with Crippen LogP contribution in [0.5, 0.6) is 11.5 Å². The minimum absolute atomic E-state index is 0.0966. The maximum Gasteiger partial charge on any atom is 0.270 e. The molecular formula is C19H17FN4O3. The van der Waals surface area contributed by atoms with Crippen LogP contribution in [0.1, 0.15) is 16.2 Å². The van der Waals surface area contributed by atoms with Crippen molar-refractivity contribution in [2.75, 3.05) is 14.2 Å². The number of aromatic nitrogens is 3. The van der Waals surface area contributed by atoms with Gasteiger partial charge in [-0.25, -0.2) is 14.4 Å². The molecule has 0 aliphatic heterocycles. The third-order valence-electron chi connectivity index (χ3n) is 3.83. The number of methoxy groups -OCH3 is 2. The third-order valence-corrected chi connectivity index (χ3v) is 3.83. The molecule has 3 rings (SSSR count). The number of hydrogen-bond acceptors (Lipinski definition) is 6. The van der Waals surface area contributed by atoms with Crippen LogP contribution < -0.4 is 14.8 Å². The molecule has 8 heteroatoms. The van der Waals surface area contributed by atoms with Crippen molar-refractivity contribution in [3.05, 3.63) is 66.1 Å². The van der Waals surface area contributed by atoms with E-state index < -0.39 is 5.82 Å². The first-order chi connectivity index (χ1) is 13.1. The van der Waals surface area contributed by atoms with Gasteiger partial charge in [0.2, 0.25) is 0 Å².